The third kappa shape index (κ3) is 2.60. The van der Waals surface area contributed by atoms with Gasteiger partial charge in [-0.25, -0.2) is 9.78 Å². The first-order valence-electron chi connectivity index (χ1n) is 4.90. The molecule has 0 spiro atoms. The second-order valence-electron chi connectivity index (χ2n) is 3.63. The number of rotatable bonds is 2. The lowest BCUT2D eigenvalue weighted by molar-refractivity contribution is 0.0745. The van der Waals surface area contributed by atoms with Gasteiger partial charge in [-0.05, 0) is 12.1 Å². The van der Waals surface area contributed by atoms with Crippen LogP contribution >= 0.6 is 0 Å². The lowest BCUT2D eigenvalue weighted by Crippen LogP contribution is -2.21. The zero-order chi connectivity index (χ0) is 14.2. The number of aromatic nitrogens is 2. The van der Waals surface area contributed by atoms with Crippen LogP contribution in [0.25, 0.3) is 11.0 Å². The maximum Gasteiger partial charge on any atom is 0.359 e. The number of carbonyl (C=O) groups excluding carboxylic acids is 1. The van der Waals surface area contributed by atoms with E-state index in [1.165, 1.54) is 18.3 Å². The number of fused-ring (bicyclic) bond motifs is 1. The number of carbonyl (C=O) groups is 1. The first kappa shape index (κ1) is 13.1. The predicted octanol–water partition coefficient (Wildman–Crippen LogP) is 0.245. The molecule has 0 amide bonds. The van der Waals surface area contributed by atoms with Gasteiger partial charge in [-0.2, -0.15) is 13.2 Å². The van der Waals surface area contributed by atoms with E-state index >= 15 is 0 Å². The second kappa shape index (κ2) is 4.43. The summed E-state index contributed by atoms with van der Waals surface area (Å²) < 4.78 is 39.3. The van der Waals surface area contributed by atoms with Crippen LogP contribution in [0, 0.1) is 0 Å². The topological polar surface area (TPSA) is 95.3 Å². The van der Waals surface area contributed by atoms with Gasteiger partial charge < -0.3 is 4.18 Å². The second-order valence-corrected chi connectivity index (χ2v) is 5.21. The van der Waals surface area contributed by atoms with Crippen molar-refractivity contribution in [2.45, 2.75) is 0 Å². The molecule has 0 aromatic carbocycles. The molecule has 0 N–H and O–H groups in total. The first-order chi connectivity index (χ1) is 8.79. The van der Waals surface area contributed by atoms with Crippen LogP contribution < -0.4 is 5.43 Å². The monoisotopic (exact) mass is 286 g/mol. The average molecular weight is 286 g/mol. The van der Waals surface area contributed by atoms with Crippen LogP contribution in [-0.4, -0.2) is 30.4 Å². The molecule has 0 bridgehead atoms. The van der Waals surface area contributed by atoms with E-state index < -0.39 is 27.1 Å². The summed E-state index contributed by atoms with van der Waals surface area (Å²) in [6.45, 7) is 0. The minimum atomic E-state index is -4.09. The van der Waals surface area contributed by atoms with E-state index in [4.69, 9.17) is 0 Å². The Hall–Kier alpha value is -2.29. The van der Waals surface area contributed by atoms with Gasteiger partial charge >= 0.3 is 16.1 Å². The Kier molecular flexibility index (Phi) is 3.06. The highest BCUT2D eigenvalue weighted by molar-refractivity contribution is 7.86. The molecule has 0 atom stereocenters. The van der Waals surface area contributed by atoms with Crippen molar-refractivity contribution < 1.29 is 21.9 Å². The van der Waals surface area contributed by atoms with Gasteiger partial charge in [0.1, 0.15) is 5.56 Å². The van der Waals surface area contributed by atoms with E-state index in [9.17, 15) is 22.5 Å². The molecule has 0 radical (unpaired) electrons. The molecule has 2 rings (SSSR count). The highest BCUT2D eigenvalue weighted by Gasteiger charge is 2.20. The largest absolute Gasteiger partial charge is 0.359 e. The van der Waals surface area contributed by atoms with Crippen molar-refractivity contribution in [1.82, 2.24) is 9.77 Å². The number of halogens is 1. The Bertz CT molecular complexity index is 827. The number of pyridine rings is 2. The Labute approximate surface area is 106 Å². The zero-order valence-electron chi connectivity index (χ0n) is 9.53. The highest BCUT2D eigenvalue weighted by Crippen LogP contribution is 2.10. The fourth-order valence-corrected chi connectivity index (χ4v) is 1.82. The summed E-state index contributed by atoms with van der Waals surface area (Å²) in [6.07, 6.45) is 2.44. The Morgan fingerprint density at radius 3 is 2.79 bits per heavy atom. The van der Waals surface area contributed by atoms with Gasteiger partial charge in [0.25, 0.3) is 0 Å². The van der Waals surface area contributed by atoms with Gasteiger partial charge in [-0.1, -0.05) is 4.48 Å². The molecule has 2 heterocycles. The molecule has 0 saturated carbocycles. The third-order valence-electron chi connectivity index (χ3n) is 2.17. The molecule has 0 unspecified atom stereocenters. The van der Waals surface area contributed by atoms with Crippen LogP contribution in [0.2, 0.25) is 0 Å². The summed E-state index contributed by atoms with van der Waals surface area (Å²) in [7, 11) is -4.09. The Morgan fingerprint density at radius 1 is 1.47 bits per heavy atom. The summed E-state index contributed by atoms with van der Waals surface area (Å²) in [6, 6.07) is 2.65. The summed E-state index contributed by atoms with van der Waals surface area (Å²) in [5.74, 6) is -1.44. The van der Waals surface area contributed by atoms with Crippen molar-refractivity contribution in [2.75, 3.05) is 6.26 Å². The smallest absolute Gasteiger partial charge is 0.341 e. The molecule has 100 valence electrons. The average Bonchev–Trinajstić information content (AvgIpc) is 2.31. The van der Waals surface area contributed by atoms with E-state index in [1.807, 2.05) is 0 Å². The van der Waals surface area contributed by atoms with E-state index in [1.54, 1.807) is 0 Å². The lowest BCUT2D eigenvalue weighted by Gasteiger charge is -2.04. The van der Waals surface area contributed by atoms with Crippen LogP contribution in [0.5, 0.6) is 0 Å². The van der Waals surface area contributed by atoms with Crippen molar-refractivity contribution in [3.8, 4) is 0 Å². The highest BCUT2D eigenvalue weighted by atomic mass is 32.2. The predicted molar refractivity (Wildman–Crippen MR) is 62.8 cm³/mol. The summed E-state index contributed by atoms with van der Waals surface area (Å²) in [5, 5.41) is -0.159. The molecule has 0 saturated heterocycles. The van der Waals surface area contributed by atoms with Crippen LogP contribution in [-0.2, 0) is 14.3 Å². The number of hydrogen-bond donors (Lipinski definition) is 0. The molecule has 9 heteroatoms. The summed E-state index contributed by atoms with van der Waals surface area (Å²) in [5.41, 5.74) is -1.86. The Balaban J connectivity index is 2.66. The molecule has 0 fully saturated rings. The standard InChI is InChI=1S/C10H7FN2O5S/c1-19(16,17)18-10(15)7-5-13(11)9-6(8(7)14)3-2-4-12-9/h2-5H,1H3. The molecule has 0 aliphatic rings. The van der Waals surface area contributed by atoms with Crippen molar-refractivity contribution in [3.05, 3.63) is 40.3 Å². The maximum atomic E-state index is 13.6. The summed E-state index contributed by atoms with van der Waals surface area (Å²) in [4.78, 5) is 27.0. The van der Waals surface area contributed by atoms with Crippen LogP contribution in [0.1, 0.15) is 10.4 Å². The minimum Gasteiger partial charge on any atom is -0.341 e. The number of nitrogens with zero attached hydrogens (tertiary/aromatic N) is 2. The van der Waals surface area contributed by atoms with E-state index in [-0.39, 0.29) is 15.8 Å². The van der Waals surface area contributed by atoms with Crippen molar-refractivity contribution in [2.24, 2.45) is 0 Å². The molecule has 0 aliphatic carbocycles. The maximum absolute atomic E-state index is 13.6. The first-order valence-corrected chi connectivity index (χ1v) is 6.71. The fraction of sp³-hybridized carbons (Fsp3) is 0.100. The minimum absolute atomic E-state index is 0.0460. The normalized spacial score (nSPS) is 11.5. The number of hydrogen-bond acceptors (Lipinski definition) is 6. The van der Waals surface area contributed by atoms with Gasteiger partial charge in [0.2, 0.25) is 5.43 Å². The van der Waals surface area contributed by atoms with Crippen molar-refractivity contribution in [3.63, 3.8) is 0 Å². The van der Waals surface area contributed by atoms with E-state index in [0.29, 0.717) is 12.5 Å². The third-order valence-corrected chi connectivity index (χ3v) is 2.62. The van der Waals surface area contributed by atoms with Gasteiger partial charge in [-0.3, -0.25) is 4.79 Å². The summed E-state index contributed by atoms with van der Waals surface area (Å²) >= 11 is 0. The van der Waals surface area contributed by atoms with Gasteiger partial charge in [0, 0.05) is 6.20 Å². The zero-order valence-corrected chi connectivity index (χ0v) is 10.3. The van der Waals surface area contributed by atoms with E-state index in [0.717, 1.165) is 0 Å². The van der Waals surface area contributed by atoms with Gasteiger partial charge in [0.15, 0.2) is 5.65 Å². The molecule has 19 heavy (non-hydrogen) atoms. The molecule has 7 nitrogen and oxygen atoms in total. The van der Waals surface area contributed by atoms with Crippen LogP contribution in [0.4, 0.5) is 4.48 Å². The van der Waals surface area contributed by atoms with Gasteiger partial charge in [-0.15, -0.1) is 0 Å². The van der Waals surface area contributed by atoms with Crippen molar-refractivity contribution in [1.29, 1.82) is 0 Å². The fourth-order valence-electron chi connectivity index (χ4n) is 1.45. The van der Waals surface area contributed by atoms with Crippen molar-refractivity contribution >= 4 is 27.1 Å². The Morgan fingerprint density at radius 2 is 2.16 bits per heavy atom. The molecule has 0 aliphatic heterocycles. The molecule has 2 aromatic rings. The quantitative estimate of drug-likeness (QED) is 0.734. The van der Waals surface area contributed by atoms with Crippen LogP contribution in [0.15, 0.2) is 29.3 Å². The molecular weight excluding hydrogens is 279 g/mol. The van der Waals surface area contributed by atoms with Gasteiger partial charge in [0.05, 0.1) is 17.8 Å². The molecular formula is C10H7FN2O5S. The molecule has 2 aromatic heterocycles. The SMILES string of the molecule is CS(=O)(=O)OC(=O)c1cn(F)c2ncccc2c1=O. The van der Waals surface area contributed by atoms with E-state index in [2.05, 4.69) is 9.17 Å². The van der Waals surface area contributed by atoms with Crippen LogP contribution in [0.3, 0.4) is 0 Å². The lowest BCUT2D eigenvalue weighted by atomic mass is 10.2.